The second-order valence-electron chi connectivity index (χ2n) is 5.48. The molecule has 0 aliphatic carbocycles. The van der Waals surface area contributed by atoms with Gasteiger partial charge in [0.2, 0.25) is 5.91 Å². The molecule has 6 heteroatoms. The highest BCUT2D eigenvalue weighted by Crippen LogP contribution is 2.22. The number of rotatable bonds is 4. The second-order valence-corrected chi connectivity index (χ2v) is 5.48. The van der Waals surface area contributed by atoms with Crippen LogP contribution in [0.15, 0.2) is 30.3 Å². The fourth-order valence-electron chi connectivity index (χ4n) is 2.78. The first-order chi connectivity index (χ1) is 10.5. The molecule has 1 saturated heterocycles. The van der Waals surface area contributed by atoms with Crippen molar-refractivity contribution in [2.75, 3.05) is 6.54 Å². The van der Waals surface area contributed by atoms with E-state index in [0.29, 0.717) is 12.1 Å². The van der Waals surface area contributed by atoms with Gasteiger partial charge in [-0.15, -0.1) is 0 Å². The Labute approximate surface area is 129 Å². The molecule has 1 aromatic rings. The molecule has 6 nitrogen and oxygen atoms in total. The molecular formula is C16H20N2O4. The number of carbonyl (C=O) groups is 1. The first-order valence-electron chi connectivity index (χ1n) is 7.41. The van der Waals surface area contributed by atoms with Crippen molar-refractivity contribution in [3.8, 4) is 0 Å². The lowest BCUT2D eigenvalue weighted by Crippen LogP contribution is -2.48. The number of carbonyl (C=O) groups excluding carboxylic acids is 1. The molecule has 1 amide bonds. The van der Waals surface area contributed by atoms with Crippen molar-refractivity contribution in [2.45, 2.75) is 38.3 Å². The third kappa shape index (κ3) is 3.71. The summed E-state index contributed by atoms with van der Waals surface area (Å²) in [5.74, 6) is -0.219. The number of nitro benzene ring substituents is 1. The highest BCUT2D eigenvalue weighted by molar-refractivity contribution is 5.92. The number of hydrogen-bond donors (Lipinski definition) is 1. The molecule has 2 atom stereocenters. The van der Waals surface area contributed by atoms with Crippen LogP contribution in [-0.4, -0.2) is 39.5 Å². The fraction of sp³-hybridized carbons (Fsp3) is 0.438. The van der Waals surface area contributed by atoms with Gasteiger partial charge < -0.3 is 10.0 Å². The normalized spacial score (nSPS) is 20.1. The van der Waals surface area contributed by atoms with Crippen molar-refractivity contribution in [1.29, 1.82) is 0 Å². The minimum Gasteiger partial charge on any atom is -0.391 e. The van der Waals surface area contributed by atoms with Gasteiger partial charge >= 0.3 is 0 Å². The quantitative estimate of drug-likeness (QED) is 0.526. The predicted molar refractivity (Wildman–Crippen MR) is 83.2 cm³/mol. The topological polar surface area (TPSA) is 83.7 Å². The lowest BCUT2D eigenvalue weighted by Gasteiger charge is -2.36. The summed E-state index contributed by atoms with van der Waals surface area (Å²) in [4.78, 5) is 24.5. The van der Waals surface area contributed by atoms with Gasteiger partial charge in [-0.05, 0) is 38.3 Å². The van der Waals surface area contributed by atoms with E-state index in [4.69, 9.17) is 0 Å². The zero-order chi connectivity index (χ0) is 16.1. The summed E-state index contributed by atoms with van der Waals surface area (Å²) in [5.41, 5.74) is 0.365. The Kier molecular flexibility index (Phi) is 5.27. The van der Waals surface area contributed by atoms with Crippen molar-refractivity contribution in [2.24, 2.45) is 0 Å². The summed E-state index contributed by atoms with van der Waals surface area (Å²) in [6, 6.07) is 6.10. The molecule has 1 aromatic carbocycles. The van der Waals surface area contributed by atoms with Crippen molar-refractivity contribution in [1.82, 2.24) is 4.90 Å². The van der Waals surface area contributed by atoms with Crippen LogP contribution in [0.1, 0.15) is 31.7 Å². The van der Waals surface area contributed by atoms with Gasteiger partial charge in [0.25, 0.3) is 5.69 Å². The number of aliphatic hydroxyl groups excluding tert-OH is 1. The maximum Gasteiger partial charge on any atom is 0.276 e. The number of likely N-dealkylation sites (tertiary alicyclic amines) is 1. The van der Waals surface area contributed by atoms with Crippen molar-refractivity contribution in [3.63, 3.8) is 0 Å². The molecular weight excluding hydrogens is 284 g/mol. The SMILES string of the molecule is CC(O)C1CCCCN1C(=O)/C=C/c1ccccc1[N+](=O)[O-]. The van der Waals surface area contributed by atoms with E-state index in [2.05, 4.69) is 0 Å². The number of hydrogen-bond acceptors (Lipinski definition) is 4. The molecule has 1 N–H and O–H groups in total. The second kappa shape index (κ2) is 7.17. The molecule has 0 aromatic heterocycles. The van der Waals surface area contributed by atoms with Crippen molar-refractivity contribution in [3.05, 3.63) is 46.0 Å². The number of nitrogens with zero attached hydrogens (tertiary/aromatic N) is 2. The average molecular weight is 304 g/mol. The van der Waals surface area contributed by atoms with Crippen LogP contribution < -0.4 is 0 Å². The molecule has 0 bridgehead atoms. The predicted octanol–water partition coefficient (Wildman–Crippen LogP) is 2.37. The number of para-hydroxylation sites is 1. The van der Waals surface area contributed by atoms with Gasteiger partial charge in [0.15, 0.2) is 0 Å². The van der Waals surface area contributed by atoms with E-state index >= 15 is 0 Å². The molecule has 2 rings (SSSR count). The molecule has 0 spiro atoms. The van der Waals surface area contributed by atoms with Gasteiger partial charge in [-0.2, -0.15) is 0 Å². The number of nitro groups is 1. The molecule has 22 heavy (non-hydrogen) atoms. The first kappa shape index (κ1) is 16.2. The molecule has 1 aliphatic rings. The first-order valence-corrected chi connectivity index (χ1v) is 7.41. The summed E-state index contributed by atoms with van der Waals surface area (Å²) >= 11 is 0. The fourth-order valence-corrected chi connectivity index (χ4v) is 2.78. The highest BCUT2D eigenvalue weighted by Gasteiger charge is 2.28. The molecule has 118 valence electrons. The van der Waals surface area contributed by atoms with E-state index in [9.17, 15) is 20.0 Å². The van der Waals surface area contributed by atoms with Gasteiger partial charge in [-0.3, -0.25) is 14.9 Å². The lowest BCUT2D eigenvalue weighted by molar-refractivity contribution is -0.385. The monoisotopic (exact) mass is 304 g/mol. The molecule has 0 radical (unpaired) electrons. The van der Waals surface area contributed by atoms with Gasteiger partial charge in [0.1, 0.15) is 0 Å². The van der Waals surface area contributed by atoms with Gasteiger partial charge in [-0.25, -0.2) is 0 Å². The zero-order valence-electron chi connectivity index (χ0n) is 12.5. The average Bonchev–Trinajstić information content (AvgIpc) is 2.52. The lowest BCUT2D eigenvalue weighted by atomic mass is 9.98. The molecule has 0 saturated carbocycles. The van der Waals surface area contributed by atoms with E-state index in [-0.39, 0.29) is 17.6 Å². The Morgan fingerprint density at radius 3 is 2.86 bits per heavy atom. The zero-order valence-corrected chi connectivity index (χ0v) is 12.5. The molecule has 2 unspecified atom stereocenters. The van der Waals surface area contributed by atoms with Crippen LogP contribution in [0.4, 0.5) is 5.69 Å². The summed E-state index contributed by atoms with van der Waals surface area (Å²) in [6.45, 7) is 2.29. The van der Waals surface area contributed by atoms with E-state index < -0.39 is 11.0 Å². The van der Waals surface area contributed by atoms with Crippen LogP contribution in [0.2, 0.25) is 0 Å². The van der Waals surface area contributed by atoms with E-state index in [1.54, 1.807) is 30.0 Å². The van der Waals surface area contributed by atoms with Crippen LogP contribution in [0.5, 0.6) is 0 Å². The number of aliphatic hydroxyl groups is 1. The smallest absolute Gasteiger partial charge is 0.276 e. The van der Waals surface area contributed by atoms with Crippen molar-refractivity contribution >= 4 is 17.7 Å². The summed E-state index contributed by atoms with van der Waals surface area (Å²) in [6.07, 6.45) is 4.92. The molecule has 1 heterocycles. The maximum atomic E-state index is 12.3. The number of benzene rings is 1. The molecule has 1 aliphatic heterocycles. The highest BCUT2D eigenvalue weighted by atomic mass is 16.6. The molecule has 1 fully saturated rings. The van der Waals surface area contributed by atoms with Crippen LogP contribution in [0.25, 0.3) is 6.08 Å². The maximum absolute atomic E-state index is 12.3. The number of amides is 1. The van der Waals surface area contributed by atoms with Gasteiger partial charge in [0.05, 0.1) is 22.6 Å². The number of piperidine rings is 1. The third-order valence-electron chi connectivity index (χ3n) is 3.93. The van der Waals surface area contributed by atoms with Crippen LogP contribution >= 0.6 is 0 Å². The van der Waals surface area contributed by atoms with Crippen LogP contribution in [0.3, 0.4) is 0 Å². The van der Waals surface area contributed by atoms with E-state index in [1.807, 2.05) is 0 Å². The Morgan fingerprint density at radius 2 is 2.18 bits per heavy atom. The minimum absolute atomic E-state index is 0.0303. The van der Waals surface area contributed by atoms with E-state index in [0.717, 1.165) is 19.3 Å². The van der Waals surface area contributed by atoms with Crippen LogP contribution in [-0.2, 0) is 4.79 Å². The Morgan fingerprint density at radius 1 is 1.45 bits per heavy atom. The standard InChI is InChI=1S/C16H20N2O4/c1-12(19)14-7-4-5-11-17(14)16(20)10-9-13-6-2-3-8-15(13)18(21)22/h2-3,6,8-10,12,14,19H,4-5,7,11H2,1H3/b10-9+. The Balaban J connectivity index is 2.15. The third-order valence-corrected chi connectivity index (χ3v) is 3.93. The summed E-state index contributed by atoms with van der Waals surface area (Å²) < 4.78 is 0. The van der Waals surface area contributed by atoms with Gasteiger partial charge in [-0.1, -0.05) is 12.1 Å². The largest absolute Gasteiger partial charge is 0.391 e. The van der Waals surface area contributed by atoms with E-state index in [1.165, 1.54) is 18.2 Å². The minimum atomic E-state index is -0.580. The summed E-state index contributed by atoms with van der Waals surface area (Å²) in [7, 11) is 0. The summed E-state index contributed by atoms with van der Waals surface area (Å²) in [5, 5.41) is 20.7. The van der Waals surface area contributed by atoms with Crippen LogP contribution in [0, 0.1) is 10.1 Å². The van der Waals surface area contributed by atoms with Crippen molar-refractivity contribution < 1.29 is 14.8 Å². The Hall–Kier alpha value is -2.21. The van der Waals surface area contributed by atoms with Gasteiger partial charge in [0, 0.05) is 18.7 Å². The Bertz CT molecular complexity index is 583.